The predicted molar refractivity (Wildman–Crippen MR) is 86.8 cm³/mol. The maximum atomic E-state index is 6.36. The molecular weight excluding hydrogens is 286 g/mol. The molecule has 0 aliphatic carbocycles. The van der Waals surface area contributed by atoms with Gasteiger partial charge in [-0.15, -0.1) is 0 Å². The largest absolute Gasteiger partial charge is 0.501 e. The molecule has 118 valence electrons. The Labute approximate surface area is 126 Å². The number of rotatable bonds is 3. The van der Waals surface area contributed by atoms with Crippen molar-refractivity contribution in [3.63, 3.8) is 0 Å². The van der Waals surface area contributed by atoms with E-state index >= 15 is 0 Å². The summed E-state index contributed by atoms with van der Waals surface area (Å²) in [7, 11) is -3.63. The van der Waals surface area contributed by atoms with Gasteiger partial charge in [-0.05, 0) is 20.8 Å². The second-order valence-corrected chi connectivity index (χ2v) is 15.9. The van der Waals surface area contributed by atoms with Crippen molar-refractivity contribution in [3.8, 4) is 0 Å². The van der Waals surface area contributed by atoms with Gasteiger partial charge in [0.05, 0.1) is 18.3 Å². The maximum absolute atomic E-state index is 6.36. The molecule has 0 amide bonds. The lowest BCUT2D eigenvalue weighted by Gasteiger charge is -2.45. The normalized spacial score (nSPS) is 42.9. The molecule has 3 aliphatic heterocycles. The predicted octanol–water partition coefficient (Wildman–Crippen LogP) is 2.81. The van der Waals surface area contributed by atoms with E-state index in [9.17, 15) is 0 Å². The summed E-state index contributed by atoms with van der Waals surface area (Å²) in [6, 6.07) is 2.21. The molecule has 3 aliphatic rings. The van der Waals surface area contributed by atoms with Gasteiger partial charge in [0.1, 0.15) is 0 Å². The summed E-state index contributed by atoms with van der Waals surface area (Å²) in [6.07, 6.45) is 0.634. The first-order chi connectivity index (χ1) is 9.17. The van der Waals surface area contributed by atoms with Gasteiger partial charge in [0.2, 0.25) is 0 Å². The molecule has 4 nitrogen and oxygen atoms in total. The molecule has 3 fully saturated rings. The summed E-state index contributed by atoms with van der Waals surface area (Å²) in [5, 5.41) is 0. The molecule has 6 heteroatoms. The van der Waals surface area contributed by atoms with Crippen molar-refractivity contribution in [2.75, 3.05) is 19.6 Å². The summed E-state index contributed by atoms with van der Waals surface area (Å²) < 4.78 is 19.1. The molecule has 0 N–H and O–H groups in total. The molecule has 0 aromatic heterocycles. The highest BCUT2D eigenvalue weighted by Gasteiger charge is 2.49. The molecule has 0 spiro atoms. The molecule has 0 aromatic rings. The van der Waals surface area contributed by atoms with Crippen LogP contribution in [0.5, 0.6) is 0 Å². The molecule has 0 saturated carbocycles. The highest BCUT2D eigenvalue weighted by Crippen LogP contribution is 2.31. The van der Waals surface area contributed by atoms with Crippen LogP contribution in [-0.2, 0) is 13.3 Å². The van der Waals surface area contributed by atoms with E-state index in [2.05, 4.69) is 45.3 Å². The number of hydrogen-bond donors (Lipinski definition) is 0. The SMILES string of the molecule is C[C@@H]1CN2C[C@@H](C)O[Si](CC[Si](C)(C)C)(O1)O[C@@H](C)C2. The van der Waals surface area contributed by atoms with E-state index < -0.39 is 16.9 Å². The Morgan fingerprint density at radius 1 is 0.900 bits per heavy atom. The molecule has 3 rings (SSSR count). The van der Waals surface area contributed by atoms with Crippen LogP contribution in [-0.4, -0.2) is 59.7 Å². The van der Waals surface area contributed by atoms with Crippen molar-refractivity contribution in [2.24, 2.45) is 0 Å². The van der Waals surface area contributed by atoms with Crippen molar-refractivity contribution >= 4 is 16.9 Å². The molecule has 20 heavy (non-hydrogen) atoms. The van der Waals surface area contributed by atoms with Crippen LogP contribution in [0.3, 0.4) is 0 Å². The average molecular weight is 318 g/mol. The Balaban J connectivity index is 2.18. The van der Waals surface area contributed by atoms with Crippen LogP contribution in [0.1, 0.15) is 20.8 Å². The van der Waals surface area contributed by atoms with E-state index in [1.54, 1.807) is 0 Å². The van der Waals surface area contributed by atoms with E-state index in [1.807, 2.05) is 0 Å². The van der Waals surface area contributed by atoms with Crippen molar-refractivity contribution in [3.05, 3.63) is 0 Å². The van der Waals surface area contributed by atoms with Crippen LogP contribution in [0.25, 0.3) is 0 Å². The van der Waals surface area contributed by atoms with Gasteiger partial charge >= 0.3 is 8.80 Å². The minimum atomic E-state index is -2.52. The van der Waals surface area contributed by atoms with Crippen LogP contribution < -0.4 is 0 Å². The van der Waals surface area contributed by atoms with Gasteiger partial charge in [0, 0.05) is 33.8 Å². The second-order valence-electron chi connectivity index (χ2n) is 7.75. The lowest BCUT2D eigenvalue weighted by molar-refractivity contribution is -0.0783. The van der Waals surface area contributed by atoms with Crippen LogP contribution in [0.2, 0.25) is 31.7 Å². The number of nitrogens with zero attached hydrogens (tertiary/aromatic N) is 1. The van der Waals surface area contributed by atoms with Gasteiger partial charge < -0.3 is 13.3 Å². The third-order valence-electron chi connectivity index (χ3n) is 3.87. The lowest BCUT2D eigenvalue weighted by atomic mass is 10.2. The molecule has 3 heterocycles. The van der Waals surface area contributed by atoms with Gasteiger partial charge in [-0.3, -0.25) is 4.90 Å². The highest BCUT2D eigenvalue weighted by atomic mass is 28.4. The zero-order valence-corrected chi connectivity index (χ0v) is 15.9. The van der Waals surface area contributed by atoms with E-state index in [-0.39, 0.29) is 18.3 Å². The molecule has 3 saturated heterocycles. The van der Waals surface area contributed by atoms with E-state index in [4.69, 9.17) is 13.3 Å². The summed E-state index contributed by atoms with van der Waals surface area (Å²) in [5.74, 6) is 0. The molecule has 0 radical (unpaired) electrons. The van der Waals surface area contributed by atoms with E-state index in [0.717, 1.165) is 25.7 Å². The Bertz CT molecular complexity index is 299. The van der Waals surface area contributed by atoms with E-state index in [1.165, 1.54) is 6.04 Å². The Morgan fingerprint density at radius 2 is 1.30 bits per heavy atom. The summed E-state index contributed by atoms with van der Waals surface area (Å²) in [6.45, 7) is 16.7. The second kappa shape index (κ2) is 6.18. The molecule has 0 unspecified atom stereocenters. The van der Waals surface area contributed by atoms with Gasteiger partial charge in [-0.25, -0.2) is 0 Å². The molecule has 3 atom stereocenters. The molecular formula is C14H31NO3Si2. The molecule has 0 aromatic carbocycles. The van der Waals surface area contributed by atoms with Crippen LogP contribution in [0.15, 0.2) is 0 Å². The third kappa shape index (κ3) is 4.64. The highest BCUT2D eigenvalue weighted by molar-refractivity contribution is 6.77. The first-order valence-electron chi connectivity index (χ1n) is 7.93. The average Bonchev–Trinajstić information content (AvgIpc) is 2.20. The Morgan fingerprint density at radius 3 is 1.65 bits per heavy atom. The van der Waals surface area contributed by atoms with Gasteiger partial charge in [-0.2, -0.15) is 0 Å². The van der Waals surface area contributed by atoms with Gasteiger partial charge in [0.15, 0.2) is 0 Å². The standard InChI is InChI=1S/C14H31NO3Si2/c1-12-9-15-10-13(2)17-20(16-12,18-14(3)11-15)8-7-19(4,5)6/h12-14H,7-11H2,1-6H3/t12-,13-,14+/m1/s1. The number of fused-ring (bicyclic) bond motifs is 6. The fourth-order valence-corrected chi connectivity index (χ4v) is 9.94. The summed E-state index contributed by atoms with van der Waals surface area (Å²) >= 11 is 0. The van der Waals surface area contributed by atoms with E-state index in [0.29, 0.717) is 0 Å². The topological polar surface area (TPSA) is 30.9 Å². The zero-order valence-electron chi connectivity index (χ0n) is 13.9. The lowest BCUT2D eigenvalue weighted by Crippen LogP contribution is -2.61. The minimum Gasteiger partial charge on any atom is -0.369 e. The quantitative estimate of drug-likeness (QED) is 0.749. The first-order valence-corrected chi connectivity index (χ1v) is 13.6. The van der Waals surface area contributed by atoms with Crippen molar-refractivity contribution < 1.29 is 13.3 Å². The summed E-state index contributed by atoms with van der Waals surface area (Å²) in [4.78, 5) is 2.41. The van der Waals surface area contributed by atoms with Gasteiger partial charge in [0.25, 0.3) is 0 Å². The summed E-state index contributed by atoms with van der Waals surface area (Å²) in [5.41, 5.74) is 0. The van der Waals surface area contributed by atoms with Crippen LogP contribution in [0.4, 0.5) is 0 Å². The maximum Gasteiger partial charge on any atom is 0.501 e. The smallest absolute Gasteiger partial charge is 0.369 e. The van der Waals surface area contributed by atoms with Crippen molar-refractivity contribution in [2.45, 2.75) is 70.8 Å². The minimum absolute atomic E-state index is 0.211. The van der Waals surface area contributed by atoms with Crippen molar-refractivity contribution in [1.82, 2.24) is 4.90 Å². The Hall–Kier alpha value is 0.274. The number of hydrogen-bond acceptors (Lipinski definition) is 4. The van der Waals surface area contributed by atoms with Gasteiger partial charge in [-0.1, -0.05) is 25.7 Å². The van der Waals surface area contributed by atoms with Crippen LogP contribution in [0, 0.1) is 0 Å². The fraction of sp³-hybridized carbons (Fsp3) is 1.00. The van der Waals surface area contributed by atoms with Crippen molar-refractivity contribution in [1.29, 1.82) is 0 Å². The monoisotopic (exact) mass is 317 g/mol. The third-order valence-corrected chi connectivity index (χ3v) is 9.27. The fourth-order valence-electron chi connectivity index (χ4n) is 3.13. The molecule has 2 bridgehead atoms. The first kappa shape index (κ1) is 16.6. The van der Waals surface area contributed by atoms with Crippen LogP contribution >= 0.6 is 0 Å². The Kier molecular flexibility index (Phi) is 5.14. The zero-order chi connectivity index (χ0) is 15.0.